The van der Waals surface area contributed by atoms with E-state index >= 15 is 0 Å². The van der Waals surface area contributed by atoms with Gasteiger partial charge in [-0.25, -0.2) is 4.79 Å². The molecule has 0 spiro atoms. The Morgan fingerprint density at radius 1 is 1.07 bits per heavy atom. The van der Waals surface area contributed by atoms with Gasteiger partial charge in [-0.2, -0.15) is 31.1 Å². The van der Waals surface area contributed by atoms with Gasteiger partial charge >= 0.3 is 24.4 Å². The first kappa shape index (κ1) is 32.5. The molecule has 1 amide bonds. The van der Waals surface area contributed by atoms with Crippen molar-refractivity contribution in [3.63, 3.8) is 0 Å². The molecule has 238 valence electrons. The van der Waals surface area contributed by atoms with Crippen LogP contribution in [0.3, 0.4) is 0 Å². The van der Waals surface area contributed by atoms with Gasteiger partial charge in [-0.15, -0.1) is 5.10 Å². The molecular weight excluding hydrogens is 598 g/mol. The summed E-state index contributed by atoms with van der Waals surface area (Å²) in [5, 5.41) is 20.9. The van der Waals surface area contributed by atoms with E-state index in [9.17, 15) is 41.0 Å². The Kier molecular flexibility index (Phi) is 9.11. The molecule has 0 aliphatic carbocycles. The van der Waals surface area contributed by atoms with Crippen LogP contribution < -0.4 is 9.80 Å². The molecule has 0 radical (unpaired) electrons. The van der Waals surface area contributed by atoms with Gasteiger partial charge in [0.25, 0.3) is 5.95 Å². The van der Waals surface area contributed by atoms with Crippen LogP contribution in [-0.4, -0.2) is 49.5 Å². The van der Waals surface area contributed by atoms with Crippen molar-refractivity contribution in [3.05, 3.63) is 64.2 Å². The zero-order chi connectivity index (χ0) is 32.6. The van der Waals surface area contributed by atoms with Crippen LogP contribution in [0.1, 0.15) is 67.5 Å². The number of ether oxygens (including phenoxy) is 1. The fourth-order valence-electron chi connectivity index (χ4n) is 5.16. The smallest absolute Gasteiger partial charge is 0.416 e. The van der Waals surface area contributed by atoms with Gasteiger partial charge in [0.2, 0.25) is 0 Å². The average Bonchev–Trinajstić information content (AvgIpc) is 3.36. The normalized spacial score (nSPS) is 17.0. The summed E-state index contributed by atoms with van der Waals surface area (Å²) in [5.74, 6) is -1.51. The van der Waals surface area contributed by atoms with E-state index in [0.717, 1.165) is 10.4 Å². The molecule has 2 aromatic carbocycles. The van der Waals surface area contributed by atoms with Crippen molar-refractivity contribution in [2.24, 2.45) is 0 Å². The van der Waals surface area contributed by atoms with E-state index in [4.69, 9.17) is 4.74 Å². The molecule has 4 rings (SSSR count). The highest BCUT2D eigenvalue weighted by Gasteiger charge is 2.41. The maximum absolute atomic E-state index is 13.7. The van der Waals surface area contributed by atoms with E-state index in [1.165, 1.54) is 9.80 Å². The lowest BCUT2D eigenvalue weighted by molar-refractivity contribution is -0.143. The first-order valence-corrected chi connectivity index (χ1v) is 13.6. The van der Waals surface area contributed by atoms with Crippen molar-refractivity contribution in [1.82, 2.24) is 20.2 Å². The van der Waals surface area contributed by atoms with Crippen molar-refractivity contribution < 1.29 is 45.8 Å². The third kappa shape index (κ3) is 7.22. The second kappa shape index (κ2) is 12.3. The van der Waals surface area contributed by atoms with E-state index in [1.807, 2.05) is 6.92 Å². The Morgan fingerprint density at radius 3 is 2.25 bits per heavy atom. The van der Waals surface area contributed by atoms with Crippen LogP contribution in [-0.2, 0) is 35.0 Å². The van der Waals surface area contributed by atoms with Crippen LogP contribution >= 0.6 is 0 Å². The number of benzene rings is 2. The van der Waals surface area contributed by atoms with Crippen molar-refractivity contribution in [2.75, 3.05) is 9.80 Å². The minimum atomic E-state index is -5.07. The maximum Gasteiger partial charge on any atom is 0.416 e. The lowest BCUT2D eigenvalue weighted by Crippen LogP contribution is -2.48. The third-order valence-electron chi connectivity index (χ3n) is 7.02. The zero-order valence-corrected chi connectivity index (χ0v) is 24.1. The summed E-state index contributed by atoms with van der Waals surface area (Å²) in [7, 11) is 0. The number of hydrogen-bond donors (Lipinski definition) is 1. The summed E-state index contributed by atoms with van der Waals surface area (Å²) in [6.45, 7) is 5.78. The molecule has 1 aliphatic heterocycles. The standard InChI is InChI=1S/C28H30F6N6O4/c1-5-20-12-23(21-8-16(4)6-7-22(21)40(20)26(43)44-15(2)3)38(25-35-37-39(36-25)14-24(41)42)13-17-9-18(27(29,30)31)11-19(10-17)28(32,33)34/h6-11,15,20,23H,5,12-14H2,1-4H3,(H,41,42)/t20-,23+/m1/s1. The van der Waals surface area contributed by atoms with Crippen LogP contribution in [0, 0.1) is 6.92 Å². The van der Waals surface area contributed by atoms with E-state index in [2.05, 4.69) is 15.4 Å². The van der Waals surface area contributed by atoms with E-state index in [1.54, 1.807) is 39.0 Å². The first-order valence-electron chi connectivity index (χ1n) is 13.6. The molecule has 0 saturated heterocycles. The SMILES string of the molecule is CC[C@@H]1C[C@H](N(Cc2cc(C(F)(F)F)cc(C(F)(F)F)c2)c2nnn(CC(=O)O)n2)c2cc(C)ccc2N1C(=O)OC(C)C. The number of nitrogens with zero attached hydrogens (tertiary/aromatic N) is 6. The van der Waals surface area contributed by atoms with Crippen molar-refractivity contribution >= 4 is 23.7 Å². The Bertz CT molecular complexity index is 1490. The molecule has 0 saturated carbocycles. The summed E-state index contributed by atoms with van der Waals surface area (Å²) in [6.07, 6.45) is -10.6. The van der Waals surface area contributed by atoms with E-state index < -0.39 is 66.8 Å². The number of anilines is 2. The van der Waals surface area contributed by atoms with Gasteiger partial charge in [-0.3, -0.25) is 9.69 Å². The number of carbonyl (C=O) groups excluding carboxylic acids is 1. The second-order valence-electron chi connectivity index (χ2n) is 10.7. The van der Waals surface area contributed by atoms with Crippen LogP contribution in [0.15, 0.2) is 36.4 Å². The molecular formula is C28H30F6N6O4. The van der Waals surface area contributed by atoms with Gasteiger partial charge in [0.15, 0.2) is 6.54 Å². The number of aromatic nitrogens is 4. The highest BCUT2D eigenvalue weighted by atomic mass is 19.4. The Labute approximate surface area is 248 Å². The molecule has 1 aromatic heterocycles. The Hall–Kier alpha value is -4.37. The number of amides is 1. The van der Waals surface area contributed by atoms with Gasteiger partial charge in [-0.05, 0) is 74.2 Å². The first-order chi connectivity index (χ1) is 20.5. The second-order valence-corrected chi connectivity index (χ2v) is 10.7. The van der Waals surface area contributed by atoms with Crippen LogP contribution in [0.4, 0.5) is 42.8 Å². The molecule has 10 nitrogen and oxygen atoms in total. The summed E-state index contributed by atoms with van der Waals surface area (Å²) >= 11 is 0. The monoisotopic (exact) mass is 628 g/mol. The number of carboxylic acid groups (broad SMARTS) is 1. The van der Waals surface area contributed by atoms with Crippen LogP contribution in [0.25, 0.3) is 0 Å². The number of tetrazole rings is 1. The summed E-state index contributed by atoms with van der Waals surface area (Å²) in [4.78, 5) is 28.1. The average molecular weight is 629 g/mol. The number of alkyl halides is 6. The number of fused-ring (bicyclic) bond motifs is 1. The third-order valence-corrected chi connectivity index (χ3v) is 7.02. The molecule has 2 atom stereocenters. The number of carboxylic acids is 1. The van der Waals surface area contributed by atoms with E-state index in [-0.39, 0.29) is 24.0 Å². The van der Waals surface area contributed by atoms with Gasteiger partial charge in [0, 0.05) is 12.6 Å². The summed E-state index contributed by atoms with van der Waals surface area (Å²) in [6, 6.07) is 5.22. The van der Waals surface area contributed by atoms with Gasteiger partial charge in [0.1, 0.15) is 0 Å². The van der Waals surface area contributed by atoms with Crippen molar-refractivity contribution in [1.29, 1.82) is 0 Å². The fourth-order valence-corrected chi connectivity index (χ4v) is 5.16. The zero-order valence-electron chi connectivity index (χ0n) is 24.1. The topological polar surface area (TPSA) is 114 Å². The molecule has 1 aliphatic rings. The molecule has 2 heterocycles. The largest absolute Gasteiger partial charge is 0.480 e. The Balaban J connectivity index is 1.90. The number of rotatable bonds is 8. The van der Waals surface area contributed by atoms with Crippen molar-refractivity contribution in [3.8, 4) is 0 Å². The maximum atomic E-state index is 13.7. The summed E-state index contributed by atoms with van der Waals surface area (Å²) in [5.41, 5.74) is -1.59. The lowest BCUT2D eigenvalue weighted by atomic mass is 9.87. The van der Waals surface area contributed by atoms with Gasteiger partial charge < -0.3 is 14.7 Å². The minimum absolute atomic E-state index is 0.0415. The molecule has 3 aromatic rings. The predicted octanol–water partition coefficient (Wildman–Crippen LogP) is 6.39. The predicted molar refractivity (Wildman–Crippen MR) is 145 cm³/mol. The number of halogens is 6. The summed E-state index contributed by atoms with van der Waals surface area (Å²) < 4.78 is 87.7. The molecule has 0 bridgehead atoms. The highest BCUT2D eigenvalue weighted by Crippen LogP contribution is 2.44. The molecule has 0 fully saturated rings. The minimum Gasteiger partial charge on any atom is -0.480 e. The molecule has 0 unspecified atom stereocenters. The number of aliphatic carboxylic acids is 1. The Morgan fingerprint density at radius 2 is 1.70 bits per heavy atom. The molecule has 1 N–H and O–H groups in total. The van der Waals surface area contributed by atoms with Crippen LogP contribution in [0.5, 0.6) is 0 Å². The van der Waals surface area contributed by atoms with Gasteiger partial charge in [-0.1, -0.05) is 29.7 Å². The number of carbonyl (C=O) groups is 2. The molecule has 16 heteroatoms. The van der Waals surface area contributed by atoms with Gasteiger partial charge in [0.05, 0.1) is 29.0 Å². The highest BCUT2D eigenvalue weighted by molar-refractivity contribution is 5.90. The fraction of sp³-hybridized carbons (Fsp3) is 0.464. The van der Waals surface area contributed by atoms with Crippen molar-refractivity contribution in [2.45, 2.75) is 84.2 Å². The molecule has 44 heavy (non-hydrogen) atoms. The van der Waals surface area contributed by atoms with E-state index in [0.29, 0.717) is 29.8 Å². The number of hydrogen-bond acceptors (Lipinski definition) is 7. The lowest BCUT2D eigenvalue weighted by Gasteiger charge is -2.44. The quantitative estimate of drug-likeness (QED) is 0.286. The number of aryl methyl sites for hydroxylation is 1. The van der Waals surface area contributed by atoms with Crippen LogP contribution in [0.2, 0.25) is 0 Å².